The number of aromatic amines is 1. The number of carbonyl (C=O) groups is 5. The van der Waals surface area contributed by atoms with Crippen molar-refractivity contribution in [3.05, 3.63) is 154 Å². The lowest BCUT2D eigenvalue weighted by molar-refractivity contribution is -0.193. The maximum absolute atomic E-state index is 13.4. The van der Waals surface area contributed by atoms with Crippen LogP contribution in [0.5, 0.6) is 5.75 Å². The number of aryl methyl sites for hydroxylation is 1. The molecule has 0 saturated carbocycles. The molecular formula is C52H52F6N6O11. The van der Waals surface area contributed by atoms with Crippen LogP contribution in [0.3, 0.4) is 0 Å². The Labute approximate surface area is 424 Å². The van der Waals surface area contributed by atoms with Crippen LogP contribution in [0.25, 0.3) is 22.0 Å². The van der Waals surface area contributed by atoms with E-state index in [4.69, 9.17) is 24.5 Å². The van der Waals surface area contributed by atoms with Gasteiger partial charge in [-0.25, -0.2) is 14.4 Å². The van der Waals surface area contributed by atoms with Crippen LogP contribution in [-0.2, 0) is 25.7 Å². The molecule has 3 amide bonds. The van der Waals surface area contributed by atoms with Crippen molar-refractivity contribution in [2.45, 2.75) is 57.3 Å². The minimum absolute atomic E-state index is 0.0664. The van der Waals surface area contributed by atoms with Gasteiger partial charge in [0.25, 0.3) is 5.91 Å². The monoisotopic (exact) mass is 1050 g/mol. The Morgan fingerprint density at radius 2 is 1.41 bits per heavy atom. The SMILES string of the molecule is Cc1ccc(C(=O)Nc2ccc(CNC[C@H](O)c3ccc(O)c4[nH]c(=O)ccc34)cc2)cc1N(C)C(=O)CCN1CCC(OC(=O)Nc2ccccc2-c2ccccc2)CC1.O=C(O)C(F)(F)F.O=C(O)C(F)(F)F. The molecule has 75 heavy (non-hydrogen) atoms. The topological polar surface area (TPSA) is 251 Å². The van der Waals surface area contributed by atoms with Crippen LogP contribution in [0, 0.1) is 6.92 Å². The predicted octanol–water partition coefficient (Wildman–Crippen LogP) is 8.62. The second-order valence-electron chi connectivity index (χ2n) is 16.9. The first-order chi connectivity index (χ1) is 35.4. The molecule has 0 bridgehead atoms. The number of pyridine rings is 1. The zero-order valence-electron chi connectivity index (χ0n) is 40.2. The second-order valence-corrected chi connectivity index (χ2v) is 16.9. The number of anilines is 3. The molecule has 17 nitrogen and oxygen atoms in total. The Bertz CT molecular complexity index is 2980. The molecule has 5 aromatic carbocycles. The molecule has 6 aromatic rings. The number of carboxylic acids is 2. The first kappa shape index (κ1) is 57.6. The molecule has 0 aliphatic carbocycles. The van der Waals surface area contributed by atoms with Crippen LogP contribution >= 0.6 is 0 Å². The van der Waals surface area contributed by atoms with E-state index in [9.17, 15) is 55.7 Å². The quantitative estimate of drug-likeness (QED) is 0.0477. The van der Waals surface area contributed by atoms with Crippen molar-refractivity contribution in [2.75, 3.05) is 48.8 Å². The number of hydrogen-bond donors (Lipinski definition) is 8. The zero-order chi connectivity index (χ0) is 55.0. The minimum atomic E-state index is -5.08. The number of hydrogen-bond acceptors (Lipinski definition) is 11. The summed E-state index contributed by atoms with van der Waals surface area (Å²) in [6.45, 7) is 4.56. The van der Waals surface area contributed by atoms with E-state index in [2.05, 4.69) is 25.8 Å². The molecule has 1 aromatic heterocycles. The number of aliphatic hydroxyl groups excluding tert-OH is 1. The van der Waals surface area contributed by atoms with Crippen molar-refractivity contribution in [1.29, 1.82) is 0 Å². The van der Waals surface area contributed by atoms with Crippen molar-refractivity contribution >= 4 is 57.8 Å². The summed E-state index contributed by atoms with van der Waals surface area (Å²) in [6, 6.07) is 36.2. The van der Waals surface area contributed by atoms with Crippen LogP contribution < -0.4 is 26.4 Å². The average molecular weight is 1050 g/mol. The number of halogens is 6. The predicted molar refractivity (Wildman–Crippen MR) is 265 cm³/mol. The number of likely N-dealkylation sites (tertiary alicyclic amines) is 1. The van der Waals surface area contributed by atoms with Crippen molar-refractivity contribution in [2.24, 2.45) is 0 Å². The van der Waals surface area contributed by atoms with Crippen molar-refractivity contribution in [3.8, 4) is 16.9 Å². The van der Waals surface area contributed by atoms with E-state index in [1.54, 1.807) is 48.3 Å². The van der Waals surface area contributed by atoms with Crippen LogP contribution in [0.2, 0.25) is 0 Å². The number of nitrogens with zero attached hydrogens (tertiary/aromatic N) is 2. The van der Waals surface area contributed by atoms with Gasteiger partial charge >= 0.3 is 30.4 Å². The van der Waals surface area contributed by atoms with Crippen LogP contribution in [0.15, 0.2) is 126 Å². The normalized spacial score (nSPS) is 13.2. The number of aliphatic hydroxyl groups is 1. The van der Waals surface area contributed by atoms with E-state index >= 15 is 0 Å². The number of aliphatic carboxylic acids is 2. The summed E-state index contributed by atoms with van der Waals surface area (Å²) in [7, 11) is 1.72. The highest BCUT2D eigenvalue weighted by atomic mass is 19.4. The number of carbonyl (C=O) groups excluding carboxylic acids is 3. The lowest BCUT2D eigenvalue weighted by Gasteiger charge is -2.32. The zero-order valence-corrected chi connectivity index (χ0v) is 40.2. The molecule has 8 N–H and O–H groups in total. The minimum Gasteiger partial charge on any atom is -0.506 e. The van der Waals surface area contributed by atoms with E-state index in [-0.39, 0.29) is 41.3 Å². The Hall–Kier alpha value is -8.28. The summed E-state index contributed by atoms with van der Waals surface area (Å²) in [5.41, 5.74) is 6.61. The van der Waals surface area contributed by atoms with E-state index in [1.807, 2.05) is 79.7 Å². The van der Waals surface area contributed by atoms with Crippen LogP contribution in [0.1, 0.15) is 52.4 Å². The van der Waals surface area contributed by atoms with Gasteiger partial charge in [-0.2, -0.15) is 26.3 Å². The smallest absolute Gasteiger partial charge is 0.490 e. The van der Waals surface area contributed by atoms with E-state index in [0.717, 1.165) is 22.3 Å². The maximum Gasteiger partial charge on any atom is 0.490 e. The van der Waals surface area contributed by atoms with Gasteiger partial charge in [-0.05, 0) is 84.5 Å². The fourth-order valence-corrected chi connectivity index (χ4v) is 7.59. The number of rotatable bonds is 14. The van der Waals surface area contributed by atoms with Gasteiger partial charge < -0.3 is 50.6 Å². The number of nitrogens with one attached hydrogen (secondary N) is 4. The number of phenolic OH excluding ortho intramolecular Hbond substituents is 1. The number of amides is 3. The summed E-state index contributed by atoms with van der Waals surface area (Å²) in [6.07, 6.45) is -10.1. The molecule has 1 aliphatic rings. The molecule has 7 rings (SSSR count). The highest BCUT2D eigenvalue weighted by molar-refractivity contribution is 6.06. The number of para-hydroxylation sites is 1. The second kappa shape index (κ2) is 26.1. The number of carboxylic acid groups (broad SMARTS) is 2. The summed E-state index contributed by atoms with van der Waals surface area (Å²) < 4.78 is 69.3. The standard InChI is InChI=1S/C48H50N6O7.2C2HF3O2/c1-31-12-15-34(47(59)50-35-16-13-32(14-17-35)29-49-30-43(56)38-18-20-42(55)46-39(38)19-21-44(57)52-46)28-41(31)53(2)45(58)24-27-54-25-22-36(23-26-54)61-48(60)51-40-11-7-6-10-37(40)33-8-4-3-5-9-33;2*3-2(4,5)1(6)7/h3-21,28,36,43,49,55-56H,22-27,29-30H2,1-2H3,(H,50,59)(H,51,60)(H,52,57);2*(H,6,7)/t43-;;/m0../s1. The third-order valence-electron chi connectivity index (χ3n) is 11.5. The van der Waals surface area contributed by atoms with Crippen molar-refractivity contribution in [3.63, 3.8) is 0 Å². The number of aromatic hydroxyl groups is 1. The van der Waals surface area contributed by atoms with E-state index < -0.39 is 36.5 Å². The highest BCUT2D eigenvalue weighted by Gasteiger charge is 2.39. The summed E-state index contributed by atoms with van der Waals surface area (Å²) in [4.78, 5) is 75.5. The van der Waals surface area contributed by atoms with Gasteiger partial charge in [-0.1, -0.05) is 72.8 Å². The molecule has 0 unspecified atom stereocenters. The summed E-state index contributed by atoms with van der Waals surface area (Å²) in [5, 5.41) is 44.9. The largest absolute Gasteiger partial charge is 0.506 e. The summed E-state index contributed by atoms with van der Waals surface area (Å²) in [5.74, 6) is -5.96. The molecule has 2 heterocycles. The first-order valence-corrected chi connectivity index (χ1v) is 22.9. The first-order valence-electron chi connectivity index (χ1n) is 22.9. The van der Waals surface area contributed by atoms with Gasteiger partial charge in [-0.15, -0.1) is 0 Å². The summed E-state index contributed by atoms with van der Waals surface area (Å²) >= 11 is 0. The van der Waals surface area contributed by atoms with Gasteiger partial charge in [0.1, 0.15) is 11.9 Å². The van der Waals surface area contributed by atoms with Crippen LogP contribution in [0.4, 0.5) is 48.2 Å². The Balaban J connectivity index is 0.000000653. The van der Waals surface area contributed by atoms with E-state index in [0.29, 0.717) is 79.0 Å². The molecule has 1 fully saturated rings. The van der Waals surface area contributed by atoms with Crippen LogP contribution in [-0.4, -0.2) is 112 Å². The third-order valence-corrected chi connectivity index (χ3v) is 11.5. The average Bonchev–Trinajstić information content (AvgIpc) is 3.37. The fraction of sp³-hybridized carbons (Fsp3) is 0.269. The molecule has 23 heteroatoms. The molecular weight excluding hydrogens is 999 g/mol. The van der Waals surface area contributed by atoms with Gasteiger partial charge in [-0.3, -0.25) is 19.7 Å². The fourth-order valence-electron chi connectivity index (χ4n) is 7.59. The lowest BCUT2D eigenvalue weighted by Crippen LogP contribution is -2.40. The number of fused-ring (bicyclic) bond motifs is 1. The lowest BCUT2D eigenvalue weighted by atomic mass is 10.0. The van der Waals surface area contributed by atoms with Gasteiger partial charge in [0.15, 0.2) is 0 Å². The van der Waals surface area contributed by atoms with E-state index in [1.165, 1.54) is 12.1 Å². The number of aromatic nitrogens is 1. The van der Waals surface area contributed by atoms with Gasteiger partial charge in [0, 0.05) is 80.1 Å². The Kier molecular flexibility index (Phi) is 20.0. The Morgan fingerprint density at radius 1 is 0.800 bits per heavy atom. The molecule has 398 valence electrons. The molecule has 0 spiro atoms. The van der Waals surface area contributed by atoms with Crippen molar-refractivity contribution < 1.29 is 75.5 Å². The third kappa shape index (κ3) is 17.2. The van der Waals surface area contributed by atoms with Gasteiger partial charge in [0.05, 0.1) is 17.3 Å². The number of ether oxygens (including phenoxy) is 1. The molecule has 1 aliphatic heterocycles. The number of H-pyrrole nitrogens is 1. The molecule has 0 radical (unpaired) electrons. The number of benzene rings is 5. The maximum atomic E-state index is 13.4. The Morgan fingerprint density at radius 3 is 2.04 bits per heavy atom. The van der Waals surface area contributed by atoms with Crippen molar-refractivity contribution in [1.82, 2.24) is 15.2 Å². The number of phenols is 1. The van der Waals surface area contributed by atoms with Gasteiger partial charge in [0.2, 0.25) is 11.5 Å². The molecule has 1 atom stereocenters. The number of alkyl halides is 6. The molecule has 1 saturated heterocycles. The highest BCUT2D eigenvalue weighted by Crippen LogP contribution is 2.30. The number of piperidine rings is 1.